The molecule has 0 N–H and O–H groups in total. The van der Waals surface area contributed by atoms with Crippen molar-refractivity contribution >= 4 is 21.6 Å². The van der Waals surface area contributed by atoms with Crippen molar-refractivity contribution < 1.29 is 17.2 Å². The van der Waals surface area contributed by atoms with Gasteiger partial charge in [-0.05, 0) is 36.5 Å². The van der Waals surface area contributed by atoms with Crippen molar-refractivity contribution in [1.82, 2.24) is 4.31 Å². The van der Waals surface area contributed by atoms with Crippen molar-refractivity contribution in [2.24, 2.45) is 5.92 Å². The lowest BCUT2D eigenvalue weighted by Crippen LogP contribution is -2.39. The average Bonchev–Trinajstić information content (AvgIpc) is 2.41. The Balaban J connectivity index is 2.46. The summed E-state index contributed by atoms with van der Waals surface area (Å²) < 4.78 is 53.4. The van der Waals surface area contributed by atoms with Crippen LogP contribution < -0.4 is 0 Å². The first-order valence-electron chi connectivity index (χ1n) is 6.40. The third-order valence-electron chi connectivity index (χ3n) is 3.45. The van der Waals surface area contributed by atoms with Gasteiger partial charge in [0.1, 0.15) is 4.90 Å². The van der Waals surface area contributed by atoms with Crippen LogP contribution in [0, 0.1) is 17.6 Å². The van der Waals surface area contributed by atoms with Crippen LogP contribution in [0.2, 0.25) is 0 Å². The minimum absolute atomic E-state index is 0.0733. The highest BCUT2D eigenvalue weighted by molar-refractivity contribution is 7.89. The Kier molecular flexibility index (Phi) is 4.66. The highest BCUT2D eigenvalue weighted by Crippen LogP contribution is 2.27. The summed E-state index contributed by atoms with van der Waals surface area (Å²) in [6, 6.07) is 2.03. The zero-order chi connectivity index (χ0) is 14.9. The van der Waals surface area contributed by atoms with Gasteiger partial charge in [-0.1, -0.05) is 6.92 Å². The van der Waals surface area contributed by atoms with E-state index in [4.69, 9.17) is 11.6 Å². The molecule has 1 aromatic carbocycles. The average molecular weight is 324 g/mol. The normalized spacial score (nSPS) is 21.1. The Labute approximate surface area is 122 Å². The molecule has 0 bridgehead atoms. The first-order chi connectivity index (χ1) is 9.36. The number of sulfonamides is 1. The fraction of sp³-hybridized carbons (Fsp3) is 0.538. The lowest BCUT2D eigenvalue weighted by atomic mass is 10.0. The summed E-state index contributed by atoms with van der Waals surface area (Å²) in [7, 11) is -4.02. The highest BCUT2D eigenvalue weighted by Gasteiger charge is 2.32. The molecule has 1 aliphatic rings. The van der Waals surface area contributed by atoms with Crippen LogP contribution in [-0.4, -0.2) is 25.8 Å². The van der Waals surface area contributed by atoms with Crippen molar-refractivity contribution in [3.05, 3.63) is 29.3 Å². The van der Waals surface area contributed by atoms with Gasteiger partial charge in [-0.15, -0.1) is 11.6 Å². The van der Waals surface area contributed by atoms with E-state index in [2.05, 4.69) is 0 Å². The van der Waals surface area contributed by atoms with E-state index in [9.17, 15) is 17.2 Å². The lowest BCUT2D eigenvalue weighted by Gasteiger charge is -2.30. The summed E-state index contributed by atoms with van der Waals surface area (Å²) >= 11 is 5.58. The van der Waals surface area contributed by atoms with Gasteiger partial charge in [0.15, 0.2) is 11.6 Å². The predicted octanol–water partition coefficient (Wildman–Crippen LogP) is 3.12. The molecule has 1 atom stereocenters. The van der Waals surface area contributed by atoms with E-state index in [-0.39, 0.29) is 17.4 Å². The van der Waals surface area contributed by atoms with E-state index in [1.807, 2.05) is 6.92 Å². The summed E-state index contributed by atoms with van der Waals surface area (Å²) in [4.78, 5) is -0.623. The van der Waals surface area contributed by atoms with Crippen LogP contribution in [0.1, 0.15) is 25.3 Å². The largest absolute Gasteiger partial charge is 0.246 e. The van der Waals surface area contributed by atoms with Gasteiger partial charge in [0.25, 0.3) is 0 Å². The third-order valence-corrected chi connectivity index (χ3v) is 5.62. The predicted molar refractivity (Wildman–Crippen MR) is 73.1 cm³/mol. The molecule has 0 spiro atoms. The van der Waals surface area contributed by atoms with Crippen LogP contribution in [-0.2, 0) is 15.9 Å². The Morgan fingerprint density at radius 1 is 1.40 bits per heavy atom. The van der Waals surface area contributed by atoms with Gasteiger partial charge in [-0.25, -0.2) is 17.2 Å². The van der Waals surface area contributed by atoms with Crippen LogP contribution >= 0.6 is 11.6 Å². The van der Waals surface area contributed by atoms with Crippen molar-refractivity contribution in [3.63, 3.8) is 0 Å². The van der Waals surface area contributed by atoms with E-state index in [1.165, 1.54) is 4.31 Å². The summed E-state index contributed by atoms with van der Waals surface area (Å²) in [5.74, 6) is -2.39. The Hall–Kier alpha value is -0.720. The fourth-order valence-corrected chi connectivity index (χ4v) is 4.26. The summed E-state index contributed by atoms with van der Waals surface area (Å²) in [5.41, 5.74) is 0.245. The van der Waals surface area contributed by atoms with E-state index < -0.39 is 26.6 Å². The second-order valence-electron chi connectivity index (χ2n) is 5.13. The number of alkyl halides is 1. The van der Waals surface area contributed by atoms with Crippen LogP contribution in [0.3, 0.4) is 0 Å². The SMILES string of the molecule is CC1CCCN(S(=O)(=O)c2cc(CCl)cc(F)c2F)C1. The summed E-state index contributed by atoms with van der Waals surface area (Å²) in [5, 5.41) is 0. The zero-order valence-electron chi connectivity index (χ0n) is 11.1. The van der Waals surface area contributed by atoms with E-state index in [0.29, 0.717) is 13.1 Å². The zero-order valence-corrected chi connectivity index (χ0v) is 12.6. The molecule has 2 rings (SSSR count). The van der Waals surface area contributed by atoms with Gasteiger partial charge in [-0.3, -0.25) is 0 Å². The molecule has 0 aromatic heterocycles. The van der Waals surface area contributed by atoms with Gasteiger partial charge >= 0.3 is 0 Å². The molecule has 0 amide bonds. The van der Waals surface area contributed by atoms with Gasteiger partial charge in [0.2, 0.25) is 10.0 Å². The van der Waals surface area contributed by atoms with Crippen molar-refractivity contribution in [2.45, 2.75) is 30.5 Å². The molecule has 20 heavy (non-hydrogen) atoms. The topological polar surface area (TPSA) is 37.4 Å². The van der Waals surface area contributed by atoms with Crippen LogP contribution in [0.4, 0.5) is 8.78 Å². The molecule has 1 saturated heterocycles. The number of rotatable bonds is 3. The summed E-state index contributed by atoms with van der Waals surface area (Å²) in [6.07, 6.45) is 1.66. The molecule has 3 nitrogen and oxygen atoms in total. The fourth-order valence-electron chi connectivity index (χ4n) is 2.39. The maximum absolute atomic E-state index is 13.8. The molecular weight excluding hydrogens is 308 g/mol. The number of benzene rings is 1. The van der Waals surface area contributed by atoms with Crippen molar-refractivity contribution in [3.8, 4) is 0 Å². The maximum Gasteiger partial charge on any atom is 0.246 e. The van der Waals surface area contributed by atoms with Gasteiger partial charge in [0.05, 0.1) is 0 Å². The van der Waals surface area contributed by atoms with Crippen molar-refractivity contribution in [2.75, 3.05) is 13.1 Å². The third kappa shape index (κ3) is 2.97. The smallest absolute Gasteiger partial charge is 0.207 e. The number of halogens is 3. The molecule has 112 valence electrons. The van der Waals surface area contributed by atoms with Crippen LogP contribution in [0.5, 0.6) is 0 Å². The molecule has 0 aliphatic carbocycles. The molecule has 1 aromatic rings. The van der Waals surface area contributed by atoms with Gasteiger partial charge in [-0.2, -0.15) is 4.31 Å². The van der Waals surface area contributed by atoms with Gasteiger partial charge < -0.3 is 0 Å². The minimum Gasteiger partial charge on any atom is -0.207 e. The van der Waals surface area contributed by atoms with E-state index in [0.717, 1.165) is 25.0 Å². The first-order valence-corrected chi connectivity index (χ1v) is 8.37. The molecule has 0 radical (unpaired) electrons. The van der Waals surface area contributed by atoms with Gasteiger partial charge in [0, 0.05) is 19.0 Å². The Bertz CT molecular complexity index is 607. The summed E-state index contributed by atoms with van der Waals surface area (Å²) in [6.45, 7) is 2.60. The molecule has 1 aliphatic heterocycles. The quantitative estimate of drug-likeness (QED) is 0.801. The van der Waals surface area contributed by atoms with E-state index in [1.54, 1.807) is 0 Å². The lowest BCUT2D eigenvalue weighted by molar-refractivity contribution is 0.280. The number of piperidine rings is 1. The molecular formula is C13H16ClF2NO2S. The van der Waals surface area contributed by atoms with Crippen molar-refractivity contribution in [1.29, 1.82) is 0 Å². The number of hydrogen-bond acceptors (Lipinski definition) is 2. The Morgan fingerprint density at radius 3 is 2.70 bits per heavy atom. The van der Waals surface area contributed by atoms with Crippen LogP contribution in [0.25, 0.3) is 0 Å². The van der Waals surface area contributed by atoms with Crippen LogP contribution in [0.15, 0.2) is 17.0 Å². The monoisotopic (exact) mass is 323 g/mol. The second-order valence-corrected chi connectivity index (χ2v) is 7.31. The second kappa shape index (κ2) is 5.95. The molecule has 1 fully saturated rings. The van der Waals surface area contributed by atoms with E-state index >= 15 is 0 Å². The minimum atomic E-state index is -4.02. The molecule has 1 unspecified atom stereocenters. The Morgan fingerprint density at radius 2 is 2.10 bits per heavy atom. The first kappa shape index (κ1) is 15.7. The molecule has 0 saturated carbocycles. The molecule has 1 heterocycles. The highest BCUT2D eigenvalue weighted by atomic mass is 35.5. The number of nitrogens with zero attached hydrogens (tertiary/aromatic N) is 1. The number of hydrogen-bond donors (Lipinski definition) is 0. The molecule has 7 heteroatoms. The maximum atomic E-state index is 13.8. The standard InChI is InChI=1S/C13H16ClF2NO2S/c1-9-3-2-4-17(8-9)20(18,19)12-6-10(7-14)5-11(15)13(12)16/h5-6,9H,2-4,7-8H2,1H3.